The molecule has 3 aliphatic carbocycles. The number of phenolic OH excluding ortho intramolecular Hbond substituents is 1. The molecule has 9 rings (SSSR count). The first-order valence-electron chi connectivity index (χ1n) is 19.9. The van der Waals surface area contributed by atoms with Crippen molar-refractivity contribution in [1.29, 1.82) is 0 Å². The fourth-order valence-corrected chi connectivity index (χ4v) is 9.79. The Balaban J connectivity index is 1.16. The van der Waals surface area contributed by atoms with Crippen molar-refractivity contribution in [2.75, 3.05) is 13.1 Å². The topological polar surface area (TPSA) is 149 Å². The number of aliphatic hydroxyl groups is 1. The molecule has 4 N–H and O–H groups in total. The summed E-state index contributed by atoms with van der Waals surface area (Å²) in [6.07, 6.45) is 2.14. The maximum Gasteiger partial charge on any atom is 0.417 e. The third-order valence-corrected chi connectivity index (χ3v) is 12.4. The number of nitrogens with one attached hydrogen (secondary N) is 2. The van der Waals surface area contributed by atoms with Gasteiger partial charge in [-0.15, -0.1) is 0 Å². The van der Waals surface area contributed by atoms with Crippen LogP contribution in [-0.2, 0) is 34.3 Å². The number of amides is 2. The molecular weight excluding hydrogens is 746 g/mol. The maximum atomic E-state index is 14.0. The van der Waals surface area contributed by atoms with Gasteiger partial charge in [-0.25, -0.2) is 19.5 Å². The molecule has 0 unspecified atom stereocenters. The molecular formula is C44H50ClN5O7. The van der Waals surface area contributed by atoms with Gasteiger partial charge < -0.3 is 29.4 Å². The zero-order valence-corrected chi connectivity index (χ0v) is 34.0. The lowest BCUT2D eigenvalue weighted by atomic mass is 9.49. The Bertz CT molecular complexity index is 2320. The summed E-state index contributed by atoms with van der Waals surface area (Å²) in [5, 5.41) is 28.6. The molecule has 300 valence electrons. The van der Waals surface area contributed by atoms with Crippen LogP contribution in [0.25, 0.3) is 10.9 Å². The monoisotopic (exact) mass is 795 g/mol. The lowest BCUT2D eigenvalue weighted by Gasteiger charge is -2.62. The Morgan fingerprint density at radius 2 is 1.79 bits per heavy atom. The number of nitrogens with zero attached hydrogens (tertiary/aromatic N) is 3. The molecule has 3 heterocycles. The van der Waals surface area contributed by atoms with Crippen LogP contribution < -0.4 is 10.1 Å². The summed E-state index contributed by atoms with van der Waals surface area (Å²) < 4.78 is 18.2. The minimum atomic E-state index is -1.17. The second kappa shape index (κ2) is 13.1. The molecule has 4 atom stereocenters. The van der Waals surface area contributed by atoms with Crippen molar-refractivity contribution >= 4 is 46.3 Å². The number of guanidine groups is 1. The summed E-state index contributed by atoms with van der Waals surface area (Å²) in [7, 11) is 0. The van der Waals surface area contributed by atoms with Crippen LogP contribution in [0, 0.1) is 5.92 Å². The minimum absolute atomic E-state index is 0.00474. The molecule has 2 fully saturated rings. The number of aromatic nitrogens is 1. The SMILES string of the molecule is CC(C)(C)OC(=O)NC(=Nc1ccc2[nH]c3c(c2c1)C[C@@]1(O)[C@H]2Cc4ccc(O)c5c4[C@@]1(CCN2CC1CC1)[C@H]3O5)N(Cc1ccc(Cl)cc1)C(=O)OC(C)(C)C. The number of aliphatic imine (C=N–C) groups is 1. The van der Waals surface area contributed by atoms with Crippen molar-refractivity contribution < 1.29 is 34.0 Å². The predicted octanol–water partition coefficient (Wildman–Crippen LogP) is 8.18. The molecule has 1 saturated carbocycles. The van der Waals surface area contributed by atoms with Gasteiger partial charge >= 0.3 is 12.2 Å². The van der Waals surface area contributed by atoms with E-state index in [0.29, 0.717) is 41.6 Å². The highest BCUT2D eigenvalue weighted by molar-refractivity contribution is 6.30. The number of H-pyrrole nitrogens is 1. The fourth-order valence-electron chi connectivity index (χ4n) is 9.67. The highest BCUT2D eigenvalue weighted by Gasteiger charge is 2.73. The largest absolute Gasteiger partial charge is 0.504 e. The number of hydrogen-bond donors (Lipinski definition) is 4. The van der Waals surface area contributed by atoms with E-state index in [-0.39, 0.29) is 24.3 Å². The van der Waals surface area contributed by atoms with Crippen molar-refractivity contribution in [3.63, 3.8) is 0 Å². The smallest absolute Gasteiger partial charge is 0.417 e. The number of piperidine rings is 1. The fraction of sp³-hybridized carbons (Fsp3) is 0.477. The number of alkyl carbamates (subject to hydrolysis) is 1. The molecule has 2 aliphatic heterocycles. The predicted molar refractivity (Wildman–Crippen MR) is 216 cm³/mol. The molecule has 12 nitrogen and oxygen atoms in total. The van der Waals surface area contributed by atoms with E-state index in [1.54, 1.807) is 77.9 Å². The van der Waals surface area contributed by atoms with Crippen LogP contribution >= 0.6 is 11.6 Å². The number of rotatable bonds is 5. The van der Waals surface area contributed by atoms with Gasteiger partial charge in [0.15, 0.2) is 17.6 Å². The first-order valence-corrected chi connectivity index (χ1v) is 20.3. The number of aromatic hydroxyl groups is 1. The van der Waals surface area contributed by atoms with Crippen LogP contribution in [0.3, 0.4) is 0 Å². The van der Waals surface area contributed by atoms with E-state index in [0.717, 1.165) is 51.9 Å². The Morgan fingerprint density at radius 1 is 1.05 bits per heavy atom. The number of phenols is 1. The van der Waals surface area contributed by atoms with Crippen molar-refractivity contribution in [3.8, 4) is 11.5 Å². The van der Waals surface area contributed by atoms with Crippen LogP contribution in [0.1, 0.15) is 94.9 Å². The molecule has 0 radical (unpaired) electrons. The standard InChI is InChI=1S/C44H50ClN5O7/c1-41(2,3)56-39(52)48-38(50(40(53)57-42(4,5)6)23-25-9-12-27(45)13-10-25)46-28-14-15-31-29(20-28)30-21-44(54)33-19-26-11-16-32(51)36-34(26)43(44,37(55-36)35(30)47-31)17-18-49(33)22-24-7-8-24/h9-16,20,24,33,37,47,51,54H,7-8,17-19,21-23H2,1-6H3,(H,46,48,52)/t33-,37+,43+,44-/m1/s1. The van der Waals surface area contributed by atoms with Crippen LogP contribution in [0.2, 0.25) is 5.02 Å². The molecule has 13 heteroatoms. The van der Waals surface area contributed by atoms with Crippen molar-refractivity contribution in [2.45, 2.75) is 115 Å². The number of hydrogen-bond acceptors (Lipinski definition) is 9. The van der Waals surface area contributed by atoms with Gasteiger partial charge in [-0.2, -0.15) is 0 Å². The molecule has 3 aromatic carbocycles. The molecule has 1 spiro atoms. The van der Waals surface area contributed by atoms with Gasteiger partial charge in [-0.3, -0.25) is 10.2 Å². The second-order valence-electron chi connectivity index (χ2n) is 18.4. The Morgan fingerprint density at radius 3 is 2.49 bits per heavy atom. The quantitative estimate of drug-likeness (QED) is 0.117. The number of aromatic amines is 1. The third kappa shape index (κ3) is 6.50. The summed E-state index contributed by atoms with van der Waals surface area (Å²) in [4.78, 5) is 39.7. The number of ether oxygens (including phenoxy) is 3. The van der Waals surface area contributed by atoms with Gasteiger partial charge in [0, 0.05) is 40.5 Å². The molecule has 57 heavy (non-hydrogen) atoms. The summed E-state index contributed by atoms with van der Waals surface area (Å²) in [5.41, 5.74) is 2.31. The van der Waals surface area contributed by atoms with Gasteiger partial charge in [0.25, 0.3) is 0 Å². The highest BCUT2D eigenvalue weighted by atomic mass is 35.5. The van der Waals surface area contributed by atoms with Crippen LogP contribution in [0.15, 0.2) is 59.6 Å². The van der Waals surface area contributed by atoms with Crippen molar-refractivity contribution in [1.82, 2.24) is 20.1 Å². The average molecular weight is 796 g/mol. The Labute approximate surface area is 337 Å². The lowest BCUT2D eigenvalue weighted by molar-refractivity contribution is -0.173. The average Bonchev–Trinajstić information content (AvgIpc) is 3.76. The van der Waals surface area contributed by atoms with Crippen LogP contribution in [0.4, 0.5) is 15.3 Å². The number of carbonyl (C=O) groups excluding carboxylic acids is 2. The van der Waals surface area contributed by atoms with Crippen molar-refractivity contribution in [3.05, 3.63) is 87.6 Å². The van der Waals surface area contributed by atoms with E-state index in [2.05, 4.69) is 15.2 Å². The zero-order chi connectivity index (χ0) is 40.2. The number of carbonyl (C=O) groups is 2. The maximum absolute atomic E-state index is 14.0. The second-order valence-corrected chi connectivity index (χ2v) is 18.9. The summed E-state index contributed by atoms with van der Waals surface area (Å²) >= 11 is 6.19. The van der Waals surface area contributed by atoms with E-state index in [9.17, 15) is 19.8 Å². The number of halogens is 1. The Hall–Kier alpha value is -4.78. The van der Waals surface area contributed by atoms with Gasteiger partial charge in [0.1, 0.15) is 11.2 Å². The van der Waals surface area contributed by atoms with E-state index in [1.165, 1.54) is 17.7 Å². The number of fused-ring (bicyclic) bond motifs is 4. The Kier molecular flexibility index (Phi) is 8.70. The van der Waals surface area contributed by atoms with E-state index in [4.69, 9.17) is 30.8 Å². The molecule has 1 saturated heterocycles. The first-order chi connectivity index (χ1) is 26.9. The van der Waals surface area contributed by atoms with Gasteiger partial charge in [0.2, 0.25) is 5.96 Å². The molecule has 4 aromatic rings. The van der Waals surface area contributed by atoms with Gasteiger partial charge in [-0.05, 0) is 133 Å². The molecule has 5 aliphatic rings. The summed E-state index contributed by atoms with van der Waals surface area (Å²) in [6, 6.07) is 16.3. The van der Waals surface area contributed by atoms with Crippen molar-refractivity contribution in [2.24, 2.45) is 10.9 Å². The lowest BCUT2D eigenvalue weighted by Crippen LogP contribution is -2.74. The first kappa shape index (κ1) is 37.8. The summed E-state index contributed by atoms with van der Waals surface area (Å²) in [5.74, 6) is 1.13. The number of likely N-dealkylation sites (tertiary alicyclic amines) is 1. The zero-order valence-electron chi connectivity index (χ0n) is 33.2. The van der Waals surface area contributed by atoms with E-state index >= 15 is 0 Å². The van der Waals surface area contributed by atoms with E-state index < -0.39 is 40.5 Å². The molecule has 2 bridgehead atoms. The highest BCUT2D eigenvalue weighted by Crippen LogP contribution is 2.69. The molecule has 1 aromatic heterocycles. The minimum Gasteiger partial charge on any atom is -0.504 e. The third-order valence-electron chi connectivity index (χ3n) is 12.1. The molecule has 2 amide bonds. The van der Waals surface area contributed by atoms with Crippen LogP contribution in [-0.4, -0.2) is 79.1 Å². The number of benzene rings is 3. The van der Waals surface area contributed by atoms with Gasteiger partial charge in [0.05, 0.1) is 28.9 Å². The summed E-state index contributed by atoms with van der Waals surface area (Å²) in [6.45, 7) is 12.4. The van der Waals surface area contributed by atoms with Crippen LogP contribution in [0.5, 0.6) is 11.5 Å². The van der Waals surface area contributed by atoms with Gasteiger partial charge in [-0.1, -0.05) is 29.8 Å². The van der Waals surface area contributed by atoms with E-state index in [1.807, 2.05) is 18.2 Å². The normalized spacial score (nSPS) is 25.0.